The first kappa shape index (κ1) is 19.7. The summed E-state index contributed by atoms with van der Waals surface area (Å²) in [6.07, 6.45) is 1.83. The molecule has 0 atom stereocenters. The maximum Gasteiger partial charge on any atom is 0.130 e. The number of hydrogen-bond donors (Lipinski definition) is 1. The van der Waals surface area contributed by atoms with Gasteiger partial charge in [-0.15, -0.1) is 0 Å². The number of rotatable bonds is 5. The minimum absolute atomic E-state index is 0.0115. The van der Waals surface area contributed by atoms with E-state index in [1.165, 1.54) is 6.07 Å². The molecule has 1 N–H and O–H groups in total. The van der Waals surface area contributed by atoms with Crippen molar-refractivity contribution in [1.29, 1.82) is 0 Å². The number of hydrogen-bond acceptors (Lipinski definition) is 3. The highest BCUT2D eigenvalue weighted by Gasteiger charge is 2.38. The lowest BCUT2D eigenvalue weighted by atomic mass is 9.73. The first-order valence-corrected chi connectivity index (χ1v) is 9.52. The Morgan fingerprint density at radius 3 is 2.11 bits per heavy atom. The molecule has 1 aliphatic rings. The average Bonchev–Trinajstić information content (AvgIpc) is 2.57. The van der Waals surface area contributed by atoms with E-state index in [0.717, 1.165) is 29.7 Å². The van der Waals surface area contributed by atoms with Crippen molar-refractivity contribution in [3.63, 3.8) is 0 Å². The van der Waals surface area contributed by atoms with Gasteiger partial charge in [-0.3, -0.25) is 0 Å². The van der Waals surface area contributed by atoms with Crippen molar-refractivity contribution in [3.8, 4) is 11.5 Å². The van der Waals surface area contributed by atoms with Crippen LogP contribution in [0.5, 0.6) is 11.5 Å². The lowest BCUT2D eigenvalue weighted by Crippen LogP contribution is -2.57. The second-order valence-electron chi connectivity index (χ2n) is 8.82. The maximum atomic E-state index is 14.8. The summed E-state index contributed by atoms with van der Waals surface area (Å²) in [5, 5.41) is 3.65. The molecule has 1 heterocycles. The summed E-state index contributed by atoms with van der Waals surface area (Å²) in [6, 6.07) is 13.0. The zero-order valence-electron chi connectivity index (χ0n) is 16.9. The molecule has 2 aromatic carbocycles. The van der Waals surface area contributed by atoms with Gasteiger partial charge in [-0.1, -0.05) is 18.2 Å². The van der Waals surface area contributed by atoms with Crippen LogP contribution in [0.3, 0.4) is 0 Å². The molecule has 27 heavy (non-hydrogen) atoms. The van der Waals surface area contributed by atoms with Gasteiger partial charge in [0.15, 0.2) is 0 Å². The maximum absolute atomic E-state index is 14.8. The number of ether oxygens (including phenoxy) is 2. The van der Waals surface area contributed by atoms with Gasteiger partial charge in [0.25, 0.3) is 0 Å². The first-order valence-electron chi connectivity index (χ1n) is 9.52. The number of methoxy groups -OCH3 is 1. The lowest BCUT2D eigenvalue weighted by molar-refractivity contribution is 0.160. The molecule has 0 unspecified atom stereocenters. The van der Waals surface area contributed by atoms with Gasteiger partial charge in [0.1, 0.15) is 23.9 Å². The zero-order valence-corrected chi connectivity index (χ0v) is 16.9. The van der Waals surface area contributed by atoms with Crippen molar-refractivity contribution in [2.45, 2.75) is 64.1 Å². The van der Waals surface area contributed by atoms with E-state index in [1.54, 1.807) is 7.11 Å². The molecule has 4 heteroatoms. The van der Waals surface area contributed by atoms with Gasteiger partial charge in [-0.2, -0.15) is 0 Å². The zero-order chi connectivity index (χ0) is 19.7. The van der Waals surface area contributed by atoms with Crippen LogP contribution in [0.25, 0.3) is 0 Å². The van der Waals surface area contributed by atoms with Crippen molar-refractivity contribution in [1.82, 2.24) is 5.32 Å². The summed E-state index contributed by atoms with van der Waals surface area (Å²) >= 11 is 0. The fourth-order valence-electron chi connectivity index (χ4n) is 4.36. The Labute approximate surface area is 161 Å². The van der Waals surface area contributed by atoms with Crippen LogP contribution in [0.2, 0.25) is 0 Å². The second-order valence-corrected chi connectivity index (χ2v) is 8.82. The fourth-order valence-corrected chi connectivity index (χ4v) is 4.36. The van der Waals surface area contributed by atoms with E-state index >= 15 is 0 Å². The van der Waals surface area contributed by atoms with Crippen LogP contribution >= 0.6 is 0 Å². The van der Waals surface area contributed by atoms with Crippen LogP contribution in [0.4, 0.5) is 4.39 Å². The largest absolute Gasteiger partial charge is 0.497 e. The normalized spacial score (nSPS) is 18.9. The van der Waals surface area contributed by atoms with Gasteiger partial charge in [0.05, 0.1) is 7.11 Å². The summed E-state index contributed by atoms with van der Waals surface area (Å²) in [6.45, 7) is 9.14. The minimum Gasteiger partial charge on any atom is -0.497 e. The first-order chi connectivity index (χ1) is 12.7. The Hall–Kier alpha value is -2.07. The molecule has 0 spiro atoms. The number of piperidine rings is 1. The molecule has 3 rings (SSSR count). The Balaban J connectivity index is 1.69. The van der Waals surface area contributed by atoms with Crippen molar-refractivity contribution >= 4 is 0 Å². The van der Waals surface area contributed by atoms with E-state index in [-0.39, 0.29) is 22.8 Å². The van der Waals surface area contributed by atoms with Gasteiger partial charge in [0, 0.05) is 17.1 Å². The molecule has 0 aliphatic carbocycles. The molecule has 3 nitrogen and oxygen atoms in total. The third-order valence-corrected chi connectivity index (χ3v) is 5.17. The van der Waals surface area contributed by atoms with E-state index in [1.807, 2.05) is 36.4 Å². The molecule has 1 saturated heterocycles. The van der Waals surface area contributed by atoms with Crippen LogP contribution in [0, 0.1) is 5.82 Å². The fraction of sp³-hybridized carbons (Fsp3) is 0.478. The molecule has 0 bridgehead atoms. The van der Waals surface area contributed by atoms with Gasteiger partial charge < -0.3 is 14.8 Å². The summed E-state index contributed by atoms with van der Waals surface area (Å²) in [5.41, 5.74) is 1.78. The SMILES string of the molecule is COc1ccc(COc2ccc(C3CC(C)(C)NC(C)(C)C3)c(F)c2)cc1. The quantitative estimate of drug-likeness (QED) is 0.759. The average molecular weight is 371 g/mol. The Bertz CT molecular complexity index is 767. The third-order valence-electron chi connectivity index (χ3n) is 5.17. The molecule has 2 aromatic rings. The van der Waals surface area contributed by atoms with Crippen LogP contribution in [-0.4, -0.2) is 18.2 Å². The molecular weight excluding hydrogens is 341 g/mol. The van der Waals surface area contributed by atoms with E-state index in [0.29, 0.717) is 12.4 Å². The highest BCUT2D eigenvalue weighted by molar-refractivity contribution is 5.33. The summed E-state index contributed by atoms with van der Waals surface area (Å²) in [5.74, 6) is 1.38. The number of nitrogens with one attached hydrogen (secondary N) is 1. The monoisotopic (exact) mass is 371 g/mol. The van der Waals surface area contributed by atoms with E-state index < -0.39 is 0 Å². The molecule has 0 aromatic heterocycles. The van der Waals surface area contributed by atoms with Gasteiger partial charge >= 0.3 is 0 Å². The molecule has 1 aliphatic heterocycles. The highest BCUT2D eigenvalue weighted by atomic mass is 19.1. The molecular formula is C23H30FNO2. The third kappa shape index (κ3) is 5.01. The molecule has 0 amide bonds. The second kappa shape index (κ2) is 7.51. The predicted octanol–water partition coefficient (Wildman–Crippen LogP) is 5.44. The van der Waals surface area contributed by atoms with E-state index in [9.17, 15) is 4.39 Å². The van der Waals surface area contributed by atoms with Crippen molar-refractivity contribution in [2.75, 3.05) is 7.11 Å². The van der Waals surface area contributed by atoms with Gasteiger partial charge in [0.2, 0.25) is 0 Å². The smallest absolute Gasteiger partial charge is 0.130 e. The summed E-state index contributed by atoms with van der Waals surface area (Å²) < 4.78 is 25.8. The van der Waals surface area contributed by atoms with Crippen LogP contribution in [-0.2, 0) is 6.61 Å². The molecule has 0 radical (unpaired) electrons. The predicted molar refractivity (Wildman–Crippen MR) is 107 cm³/mol. The van der Waals surface area contributed by atoms with Gasteiger partial charge in [-0.05, 0) is 75.8 Å². The van der Waals surface area contributed by atoms with Gasteiger partial charge in [-0.25, -0.2) is 4.39 Å². The minimum atomic E-state index is -0.180. The number of halogens is 1. The molecule has 1 fully saturated rings. The molecule has 146 valence electrons. The Kier molecular flexibility index (Phi) is 5.48. The van der Waals surface area contributed by atoms with Crippen molar-refractivity contribution < 1.29 is 13.9 Å². The Morgan fingerprint density at radius 1 is 0.963 bits per heavy atom. The van der Waals surface area contributed by atoms with Crippen molar-refractivity contribution in [3.05, 3.63) is 59.4 Å². The topological polar surface area (TPSA) is 30.5 Å². The van der Waals surface area contributed by atoms with Crippen LogP contribution in [0.1, 0.15) is 57.6 Å². The summed E-state index contributed by atoms with van der Waals surface area (Å²) in [7, 11) is 1.64. The summed E-state index contributed by atoms with van der Waals surface area (Å²) in [4.78, 5) is 0. The van der Waals surface area contributed by atoms with Crippen LogP contribution in [0.15, 0.2) is 42.5 Å². The van der Waals surface area contributed by atoms with Crippen molar-refractivity contribution in [2.24, 2.45) is 0 Å². The Morgan fingerprint density at radius 2 is 1.56 bits per heavy atom. The molecule has 0 saturated carbocycles. The van der Waals surface area contributed by atoms with E-state index in [2.05, 4.69) is 33.0 Å². The van der Waals surface area contributed by atoms with Crippen LogP contribution < -0.4 is 14.8 Å². The highest BCUT2D eigenvalue weighted by Crippen LogP contribution is 2.40. The number of benzene rings is 2. The van der Waals surface area contributed by atoms with E-state index in [4.69, 9.17) is 9.47 Å². The lowest BCUT2D eigenvalue weighted by Gasteiger charge is -2.46. The standard InChI is InChI=1S/C23H30FNO2/c1-22(2)13-17(14-23(3,4)25-22)20-11-10-19(12-21(20)24)27-15-16-6-8-18(26-5)9-7-16/h6-12,17,25H,13-15H2,1-5H3.